The summed E-state index contributed by atoms with van der Waals surface area (Å²) >= 11 is 1.25. The first-order valence-corrected chi connectivity index (χ1v) is 10.4. The fourth-order valence-corrected chi connectivity index (χ4v) is 3.63. The molecule has 0 radical (unpaired) electrons. The molecule has 0 saturated heterocycles. The van der Waals surface area contributed by atoms with Crippen molar-refractivity contribution in [3.8, 4) is 17.1 Å². The average molecular weight is 416 g/mol. The maximum absolute atomic E-state index is 13.4. The van der Waals surface area contributed by atoms with Crippen LogP contribution in [0.25, 0.3) is 17.1 Å². The molecule has 0 bridgehead atoms. The van der Waals surface area contributed by atoms with Crippen molar-refractivity contribution in [1.29, 1.82) is 0 Å². The zero-order chi connectivity index (χ0) is 20.8. The predicted octanol–water partition coefficient (Wildman–Crippen LogP) is 4.61. The lowest BCUT2D eigenvalue weighted by atomic mass is 10.2. The summed E-state index contributed by atoms with van der Waals surface area (Å²) in [6.07, 6.45) is 1.74. The summed E-state index contributed by atoms with van der Waals surface area (Å²) in [5.41, 5.74) is 1.31. The van der Waals surface area contributed by atoms with Crippen molar-refractivity contribution in [3.05, 3.63) is 60.2 Å². The normalized spacial score (nSPS) is 11.1. The predicted molar refractivity (Wildman–Crippen MR) is 110 cm³/mol. The Morgan fingerprint density at radius 1 is 1.00 bits per heavy atom. The second-order valence-corrected chi connectivity index (χ2v) is 7.44. The Morgan fingerprint density at radius 2 is 1.59 bits per heavy atom. The highest BCUT2D eigenvalue weighted by Gasteiger charge is 2.18. The maximum atomic E-state index is 13.4. The molecule has 0 aliphatic heterocycles. The van der Waals surface area contributed by atoms with Crippen LogP contribution in [0.5, 0.6) is 0 Å². The van der Waals surface area contributed by atoms with E-state index in [4.69, 9.17) is 0 Å². The monoisotopic (exact) mass is 416 g/mol. The molecule has 0 atom stereocenters. The number of nitrogens with one attached hydrogen (secondary N) is 1. The topological polar surface area (TPSA) is 59.8 Å². The molecule has 0 fully saturated rings. The van der Waals surface area contributed by atoms with E-state index >= 15 is 0 Å². The third-order valence-corrected chi connectivity index (χ3v) is 5.43. The second-order valence-electron chi connectivity index (χ2n) is 6.49. The fraction of sp³-hybridized carbons (Fsp3) is 0.286. The van der Waals surface area contributed by atoms with E-state index in [1.165, 1.54) is 36.0 Å². The lowest BCUT2D eigenvalue weighted by Gasteiger charge is -2.14. The molecule has 1 N–H and O–H groups in total. The summed E-state index contributed by atoms with van der Waals surface area (Å²) in [5.74, 6) is -0.127. The molecule has 5 nitrogen and oxygen atoms in total. The van der Waals surface area contributed by atoms with E-state index in [2.05, 4.69) is 15.5 Å². The molecule has 0 saturated carbocycles. The van der Waals surface area contributed by atoms with Crippen LogP contribution >= 0.6 is 11.8 Å². The van der Waals surface area contributed by atoms with Gasteiger partial charge in [-0.05, 0) is 61.4 Å². The van der Waals surface area contributed by atoms with E-state index in [-0.39, 0.29) is 29.3 Å². The van der Waals surface area contributed by atoms with Crippen LogP contribution in [0, 0.1) is 11.6 Å². The zero-order valence-electron chi connectivity index (χ0n) is 16.2. The van der Waals surface area contributed by atoms with Gasteiger partial charge in [-0.2, -0.15) is 0 Å². The highest BCUT2D eigenvalue weighted by molar-refractivity contribution is 7.99. The third kappa shape index (κ3) is 5.20. The molecule has 0 aliphatic carbocycles. The van der Waals surface area contributed by atoms with Crippen molar-refractivity contribution in [3.63, 3.8) is 0 Å². The number of halogens is 2. The number of carbonyl (C=O) groups excluding carboxylic acids is 1. The summed E-state index contributed by atoms with van der Waals surface area (Å²) in [4.78, 5) is 12.3. The second kappa shape index (κ2) is 9.65. The number of aromatic nitrogens is 3. The smallest absolute Gasteiger partial charge is 0.230 e. The van der Waals surface area contributed by atoms with Crippen LogP contribution in [-0.4, -0.2) is 32.5 Å². The minimum atomic E-state index is -0.357. The summed E-state index contributed by atoms with van der Waals surface area (Å²) in [6, 6.07) is 12.0. The molecule has 0 aliphatic rings. The van der Waals surface area contributed by atoms with Gasteiger partial charge in [0, 0.05) is 17.3 Å². The van der Waals surface area contributed by atoms with Crippen molar-refractivity contribution in [2.75, 3.05) is 5.75 Å². The summed E-state index contributed by atoms with van der Waals surface area (Å²) < 4.78 is 28.5. The first kappa shape index (κ1) is 21.0. The van der Waals surface area contributed by atoms with Gasteiger partial charge in [-0.1, -0.05) is 25.6 Å². The van der Waals surface area contributed by atoms with Gasteiger partial charge in [0.2, 0.25) is 5.91 Å². The molecular weight excluding hydrogens is 394 g/mol. The van der Waals surface area contributed by atoms with Gasteiger partial charge in [0.15, 0.2) is 11.0 Å². The molecule has 0 unspecified atom stereocenters. The van der Waals surface area contributed by atoms with Crippen LogP contribution in [0.1, 0.15) is 26.7 Å². The minimum absolute atomic E-state index is 0.0827. The molecule has 3 rings (SSSR count). The highest BCUT2D eigenvalue weighted by Crippen LogP contribution is 2.28. The standard InChI is InChI=1S/C21H22F2N4OS/c1-3-17(4-2)24-19(28)13-29-21-26-25-20(14-5-7-15(22)8-6-14)27(21)18-11-9-16(23)10-12-18/h5-12,17H,3-4,13H2,1-2H3,(H,24,28). The first-order chi connectivity index (χ1) is 14.0. The number of hydrogen-bond donors (Lipinski definition) is 1. The van der Waals surface area contributed by atoms with Crippen LogP contribution in [0.4, 0.5) is 8.78 Å². The quantitative estimate of drug-likeness (QED) is 0.545. The zero-order valence-corrected chi connectivity index (χ0v) is 17.0. The summed E-state index contributed by atoms with van der Waals surface area (Å²) in [7, 11) is 0. The largest absolute Gasteiger partial charge is 0.353 e. The van der Waals surface area contributed by atoms with Crippen molar-refractivity contribution >= 4 is 17.7 Å². The SMILES string of the molecule is CCC(CC)NC(=O)CSc1nnc(-c2ccc(F)cc2)n1-c1ccc(F)cc1. The molecule has 152 valence electrons. The van der Waals surface area contributed by atoms with Crippen molar-refractivity contribution in [2.45, 2.75) is 37.9 Å². The summed E-state index contributed by atoms with van der Waals surface area (Å²) in [5, 5.41) is 11.9. The van der Waals surface area contributed by atoms with E-state index in [1.807, 2.05) is 13.8 Å². The van der Waals surface area contributed by atoms with Crippen LogP contribution in [0.3, 0.4) is 0 Å². The highest BCUT2D eigenvalue weighted by atomic mass is 32.2. The molecule has 1 aromatic heterocycles. The molecule has 0 spiro atoms. The lowest BCUT2D eigenvalue weighted by molar-refractivity contribution is -0.119. The van der Waals surface area contributed by atoms with E-state index in [9.17, 15) is 13.6 Å². The van der Waals surface area contributed by atoms with Crippen LogP contribution in [-0.2, 0) is 4.79 Å². The Bertz CT molecular complexity index is 954. The average Bonchev–Trinajstić information content (AvgIpc) is 3.15. The molecule has 1 amide bonds. The Balaban J connectivity index is 1.90. The molecule has 2 aromatic carbocycles. The van der Waals surface area contributed by atoms with Crippen molar-refractivity contribution in [1.82, 2.24) is 20.1 Å². The lowest BCUT2D eigenvalue weighted by Crippen LogP contribution is -2.35. The maximum Gasteiger partial charge on any atom is 0.230 e. The Labute approximate surface area is 172 Å². The first-order valence-electron chi connectivity index (χ1n) is 9.41. The summed E-state index contributed by atoms with van der Waals surface area (Å²) in [6.45, 7) is 4.06. The van der Waals surface area contributed by atoms with Crippen LogP contribution < -0.4 is 5.32 Å². The Morgan fingerprint density at radius 3 is 2.17 bits per heavy atom. The number of amides is 1. The van der Waals surface area contributed by atoms with Crippen LogP contribution in [0.15, 0.2) is 53.7 Å². The van der Waals surface area contributed by atoms with E-state index in [0.717, 1.165) is 12.8 Å². The Kier molecular flexibility index (Phi) is 6.98. The van der Waals surface area contributed by atoms with Crippen molar-refractivity contribution in [2.24, 2.45) is 0 Å². The van der Waals surface area contributed by atoms with E-state index < -0.39 is 0 Å². The van der Waals surface area contributed by atoms with E-state index in [1.54, 1.807) is 28.8 Å². The number of benzene rings is 2. The molecule has 3 aromatic rings. The van der Waals surface area contributed by atoms with Gasteiger partial charge in [-0.3, -0.25) is 9.36 Å². The number of nitrogens with zero attached hydrogens (tertiary/aromatic N) is 3. The molecular formula is C21H22F2N4OS. The molecule has 29 heavy (non-hydrogen) atoms. The fourth-order valence-electron chi connectivity index (χ4n) is 2.86. The van der Waals surface area contributed by atoms with Gasteiger partial charge >= 0.3 is 0 Å². The number of carbonyl (C=O) groups is 1. The van der Waals surface area contributed by atoms with Crippen molar-refractivity contribution < 1.29 is 13.6 Å². The van der Waals surface area contributed by atoms with Gasteiger partial charge in [0.05, 0.1) is 5.75 Å². The van der Waals surface area contributed by atoms with Gasteiger partial charge in [-0.15, -0.1) is 10.2 Å². The number of hydrogen-bond acceptors (Lipinski definition) is 4. The molecule has 1 heterocycles. The third-order valence-electron chi connectivity index (χ3n) is 4.50. The van der Waals surface area contributed by atoms with Gasteiger partial charge in [0.1, 0.15) is 11.6 Å². The van der Waals surface area contributed by atoms with E-state index in [0.29, 0.717) is 22.2 Å². The minimum Gasteiger partial charge on any atom is -0.353 e. The molecule has 8 heteroatoms. The van der Waals surface area contributed by atoms with Crippen LogP contribution in [0.2, 0.25) is 0 Å². The van der Waals surface area contributed by atoms with Gasteiger partial charge in [0.25, 0.3) is 0 Å². The van der Waals surface area contributed by atoms with Gasteiger partial charge < -0.3 is 5.32 Å². The Hall–Kier alpha value is -2.74. The number of thioether (sulfide) groups is 1. The number of rotatable bonds is 8. The van der Waals surface area contributed by atoms with Gasteiger partial charge in [-0.25, -0.2) is 8.78 Å².